The summed E-state index contributed by atoms with van der Waals surface area (Å²) in [6, 6.07) is 9.19. The topological polar surface area (TPSA) is 66.7 Å². The van der Waals surface area contributed by atoms with Gasteiger partial charge in [0, 0.05) is 24.4 Å². The zero-order valence-corrected chi connectivity index (χ0v) is 14.0. The van der Waals surface area contributed by atoms with Crippen molar-refractivity contribution in [2.45, 2.75) is 32.1 Å². The summed E-state index contributed by atoms with van der Waals surface area (Å²) >= 11 is 0. The van der Waals surface area contributed by atoms with Crippen LogP contribution in [0.1, 0.15) is 37.7 Å². The fourth-order valence-corrected chi connectivity index (χ4v) is 2.99. The number of nitrogens with one attached hydrogen (secondary N) is 1. The summed E-state index contributed by atoms with van der Waals surface area (Å²) in [4.78, 5) is 8.70. The van der Waals surface area contributed by atoms with Crippen LogP contribution in [0, 0.1) is 11.7 Å². The molecule has 1 fully saturated rings. The molecular formula is C19H22FN3O2. The molecule has 5 nitrogen and oxygen atoms in total. The molecule has 0 amide bonds. The first-order chi connectivity index (χ1) is 12.2. The number of pyridine rings is 1. The lowest BCUT2D eigenvalue weighted by atomic mass is 9.89. The monoisotopic (exact) mass is 343 g/mol. The van der Waals surface area contributed by atoms with E-state index in [-0.39, 0.29) is 5.82 Å². The predicted molar refractivity (Wildman–Crippen MR) is 93.6 cm³/mol. The molecule has 0 saturated heterocycles. The van der Waals surface area contributed by atoms with Gasteiger partial charge in [-0.15, -0.1) is 0 Å². The highest BCUT2D eigenvalue weighted by molar-refractivity contribution is 5.97. The number of hydroxylamine groups is 1. The van der Waals surface area contributed by atoms with E-state index in [2.05, 4.69) is 15.5 Å². The summed E-state index contributed by atoms with van der Waals surface area (Å²) in [5, 5.41) is 9.36. The van der Waals surface area contributed by atoms with Gasteiger partial charge in [0.25, 0.3) is 0 Å². The smallest absolute Gasteiger partial charge is 0.219 e. The zero-order valence-electron chi connectivity index (χ0n) is 14.0. The molecule has 0 spiro atoms. The molecule has 1 aromatic heterocycles. The zero-order chi connectivity index (χ0) is 17.5. The van der Waals surface area contributed by atoms with Crippen LogP contribution in [0.4, 0.5) is 4.39 Å². The van der Waals surface area contributed by atoms with Gasteiger partial charge in [-0.05, 0) is 49.1 Å². The van der Waals surface area contributed by atoms with Crippen LogP contribution in [0.25, 0.3) is 0 Å². The van der Waals surface area contributed by atoms with Crippen molar-refractivity contribution in [1.82, 2.24) is 10.5 Å². The molecule has 6 heteroatoms. The Balaban J connectivity index is 1.63. The van der Waals surface area contributed by atoms with Gasteiger partial charge in [0.05, 0.1) is 0 Å². The van der Waals surface area contributed by atoms with Gasteiger partial charge in [0.2, 0.25) is 5.88 Å². The van der Waals surface area contributed by atoms with Gasteiger partial charge in [-0.2, -0.15) is 0 Å². The van der Waals surface area contributed by atoms with Crippen LogP contribution in [0.2, 0.25) is 0 Å². The van der Waals surface area contributed by atoms with Crippen LogP contribution in [0.3, 0.4) is 0 Å². The second-order valence-electron chi connectivity index (χ2n) is 6.25. The fourth-order valence-electron chi connectivity index (χ4n) is 2.99. The van der Waals surface area contributed by atoms with Crippen molar-refractivity contribution in [1.29, 1.82) is 0 Å². The first kappa shape index (κ1) is 17.4. The van der Waals surface area contributed by atoms with E-state index in [1.807, 2.05) is 0 Å². The maximum atomic E-state index is 12.9. The van der Waals surface area contributed by atoms with Crippen molar-refractivity contribution in [2.24, 2.45) is 10.9 Å². The lowest BCUT2D eigenvalue weighted by Crippen LogP contribution is -2.22. The van der Waals surface area contributed by atoms with Gasteiger partial charge in [-0.1, -0.05) is 19.3 Å². The maximum Gasteiger partial charge on any atom is 0.219 e. The van der Waals surface area contributed by atoms with Crippen molar-refractivity contribution < 1.29 is 14.3 Å². The summed E-state index contributed by atoms with van der Waals surface area (Å²) in [6.45, 7) is 0.705. The van der Waals surface area contributed by atoms with Crippen molar-refractivity contribution in [3.8, 4) is 11.6 Å². The quantitative estimate of drug-likeness (QED) is 0.482. The molecule has 0 bridgehead atoms. The molecule has 1 aliphatic carbocycles. The highest BCUT2D eigenvalue weighted by Gasteiger charge is 2.13. The number of ether oxygens (including phenoxy) is 1. The predicted octanol–water partition coefficient (Wildman–Crippen LogP) is 4.32. The van der Waals surface area contributed by atoms with E-state index in [1.54, 1.807) is 18.3 Å². The van der Waals surface area contributed by atoms with E-state index < -0.39 is 0 Å². The van der Waals surface area contributed by atoms with Crippen molar-refractivity contribution >= 4 is 5.84 Å². The van der Waals surface area contributed by atoms with Crippen LogP contribution in [0.15, 0.2) is 47.6 Å². The third kappa shape index (κ3) is 5.00. The number of benzene rings is 1. The molecule has 2 aromatic rings. The van der Waals surface area contributed by atoms with E-state index in [9.17, 15) is 9.60 Å². The molecule has 0 aliphatic heterocycles. The minimum Gasteiger partial charge on any atom is -0.439 e. The number of aromatic nitrogens is 1. The van der Waals surface area contributed by atoms with Gasteiger partial charge in [-0.3, -0.25) is 15.7 Å². The number of hydrogen-bond acceptors (Lipinski definition) is 4. The third-order valence-electron chi connectivity index (χ3n) is 4.38. The minimum absolute atomic E-state index is 0.316. The Morgan fingerprint density at radius 3 is 2.56 bits per heavy atom. The first-order valence-electron chi connectivity index (χ1n) is 8.59. The highest BCUT2D eigenvalue weighted by atomic mass is 19.1. The van der Waals surface area contributed by atoms with Crippen LogP contribution in [0.5, 0.6) is 11.6 Å². The second-order valence-corrected chi connectivity index (χ2v) is 6.25. The van der Waals surface area contributed by atoms with Crippen LogP contribution in [-0.4, -0.2) is 22.6 Å². The largest absolute Gasteiger partial charge is 0.439 e. The average molecular weight is 343 g/mol. The molecule has 1 aliphatic rings. The van der Waals surface area contributed by atoms with Gasteiger partial charge >= 0.3 is 0 Å². The Labute approximate surface area is 146 Å². The van der Waals surface area contributed by atoms with E-state index in [0.29, 0.717) is 35.5 Å². The third-order valence-corrected chi connectivity index (χ3v) is 4.38. The molecule has 0 unspecified atom stereocenters. The van der Waals surface area contributed by atoms with Crippen LogP contribution < -0.4 is 10.2 Å². The van der Waals surface area contributed by atoms with E-state index in [0.717, 1.165) is 0 Å². The molecule has 132 valence electrons. The number of rotatable bonds is 5. The number of amidine groups is 1. The molecule has 25 heavy (non-hydrogen) atoms. The molecular weight excluding hydrogens is 321 g/mol. The van der Waals surface area contributed by atoms with E-state index in [1.165, 1.54) is 56.4 Å². The van der Waals surface area contributed by atoms with Gasteiger partial charge < -0.3 is 4.74 Å². The van der Waals surface area contributed by atoms with E-state index in [4.69, 9.17) is 4.74 Å². The lowest BCUT2D eigenvalue weighted by molar-refractivity contribution is 0.234. The Morgan fingerprint density at radius 2 is 1.92 bits per heavy atom. The highest BCUT2D eigenvalue weighted by Crippen LogP contribution is 2.24. The fraction of sp³-hybridized carbons (Fsp3) is 0.368. The normalized spacial score (nSPS) is 15.8. The molecule has 2 N–H and O–H groups in total. The summed E-state index contributed by atoms with van der Waals surface area (Å²) in [5.74, 6) is 1.58. The van der Waals surface area contributed by atoms with E-state index >= 15 is 0 Å². The molecule has 1 aromatic carbocycles. The second kappa shape index (κ2) is 8.58. The number of aliphatic imine (C=N–C) groups is 1. The summed E-state index contributed by atoms with van der Waals surface area (Å²) < 4.78 is 18.5. The Bertz CT molecular complexity index is 696. The van der Waals surface area contributed by atoms with Crippen LogP contribution in [-0.2, 0) is 0 Å². The molecule has 0 radical (unpaired) electrons. The van der Waals surface area contributed by atoms with Crippen molar-refractivity contribution in [3.63, 3.8) is 0 Å². The molecule has 3 rings (SSSR count). The Morgan fingerprint density at radius 1 is 1.16 bits per heavy atom. The molecule has 0 atom stereocenters. The van der Waals surface area contributed by atoms with Gasteiger partial charge in [0.15, 0.2) is 5.84 Å². The van der Waals surface area contributed by atoms with Gasteiger partial charge in [-0.25, -0.2) is 9.37 Å². The van der Waals surface area contributed by atoms with Crippen LogP contribution >= 0.6 is 0 Å². The summed E-state index contributed by atoms with van der Waals surface area (Å²) in [7, 11) is 0. The maximum absolute atomic E-state index is 12.9. The summed E-state index contributed by atoms with van der Waals surface area (Å²) in [5.41, 5.74) is 2.85. The first-order valence-corrected chi connectivity index (χ1v) is 8.59. The number of halogens is 1. The average Bonchev–Trinajstić information content (AvgIpc) is 2.66. The number of nitrogens with zero attached hydrogens (tertiary/aromatic N) is 2. The van der Waals surface area contributed by atoms with Crippen molar-refractivity contribution in [3.05, 3.63) is 54.0 Å². The molecule has 1 heterocycles. The van der Waals surface area contributed by atoms with Crippen molar-refractivity contribution in [2.75, 3.05) is 6.54 Å². The summed E-state index contributed by atoms with van der Waals surface area (Å²) in [6.07, 6.45) is 7.82. The lowest BCUT2D eigenvalue weighted by Gasteiger charge is -2.19. The minimum atomic E-state index is -0.316. The number of hydrogen-bond donors (Lipinski definition) is 2. The van der Waals surface area contributed by atoms with Gasteiger partial charge in [0.1, 0.15) is 11.6 Å². The standard InChI is InChI=1S/C19H22FN3O2/c20-16-7-9-17(10-8-16)25-18-11-6-15(13-21-18)19(23-24)22-12-14-4-2-1-3-5-14/h6-11,13-14,24H,1-5,12H2,(H,22,23). The SMILES string of the molecule is ONC(=NCC1CCCCC1)c1ccc(Oc2ccc(F)cc2)nc1. The Hall–Kier alpha value is -2.47. The molecule has 1 saturated carbocycles. The Kier molecular flexibility index (Phi) is 5.95.